The maximum Gasteiger partial charge on any atom is 0.169 e. The second-order valence-electron chi connectivity index (χ2n) is 3.14. The van der Waals surface area contributed by atoms with Gasteiger partial charge < -0.3 is 4.42 Å². The third-order valence-corrected chi connectivity index (χ3v) is 2.59. The largest absolute Gasteiger partial charge is 0.452 e. The van der Waals surface area contributed by atoms with Crippen LogP contribution in [-0.2, 0) is 0 Å². The molecule has 2 aromatic heterocycles. The Hall–Kier alpha value is -1.24. The Kier molecular flexibility index (Phi) is 3.33. The van der Waals surface area contributed by atoms with Gasteiger partial charge in [0.15, 0.2) is 4.67 Å². The van der Waals surface area contributed by atoms with Gasteiger partial charge in [0.2, 0.25) is 0 Å². The Labute approximate surface area is 99.8 Å². The fraction of sp³-hybridized carbons (Fsp3) is 0.100. The van der Waals surface area contributed by atoms with E-state index in [0.29, 0.717) is 16.0 Å². The lowest BCUT2D eigenvalue weighted by molar-refractivity contribution is 0.428. The van der Waals surface area contributed by atoms with Gasteiger partial charge in [-0.1, -0.05) is 0 Å². The number of nitrogens with one attached hydrogen (secondary N) is 1. The van der Waals surface area contributed by atoms with Gasteiger partial charge in [0.05, 0.1) is 6.20 Å². The molecule has 0 radical (unpaired) electrons. The first-order chi connectivity index (χ1) is 7.72. The fourth-order valence-electron chi connectivity index (χ4n) is 1.43. The summed E-state index contributed by atoms with van der Waals surface area (Å²) in [7, 11) is 0. The van der Waals surface area contributed by atoms with Gasteiger partial charge in [-0.05, 0) is 34.1 Å². The number of hydrogen-bond donors (Lipinski definition) is 2. The third-order valence-electron chi connectivity index (χ3n) is 2.16. The molecule has 0 spiro atoms. The highest BCUT2D eigenvalue weighted by atomic mass is 79.9. The molecule has 84 valence electrons. The van der Waals surface area contributed by atoms with Crippen molar-refractivity contribution in [1.29, 1.82) is 0 Å². The number of furan rings is 1. The lowest BCUT2D eigenvalue weighted by atomic mass is 10.1. The maximum atomic E-state index is 13.5. The lowest BCUT2D eigenvalue weighted by Gasteiger charge is -2.13. The Balaban J connectivity index is 2.40. The van der Waals surface area contributed by atoms with Crippen molar-refractivity contribution in [2.24, 2.45) is 5.84 Å². The minimum Gasteiger partial charge on any atom is -0.452 e. The number of halogens is 2. The molecular formula is C10H9BrFN3O. The number of hydrazine groups is 1. The van der Waals surface area contributed by atoms with Crippen LogP contribution in [-0.4, -0.2) is 4.98 Å². The standard InChI is InChI=1S/C10H9BrFN3O/c11-9-2-1-8(16-9)10(15-13)6-3-4-14-5-7(6)12/h1-5,10,15H,13H2. The second-order valence-corrected chi connectivity index (χ2v) is 3.92. The van der Waals surface area contributed by atoms with Gasteiger partial charge in [-0.2, -0.15) is 0 Å². The van der Waals surface area contributed by atoms with E-state index in [9.17, 15) is 4.39 Å². The van der Waals surface area contributed by atoms with Crippen LogP contribution in [0, 0.1) is 5.82 Å². The zero-order valence-electron chi connectivity index (χ0n) is 8.15. The Bertz CT molecular complexity index is 488. The molecular weight excluding hydrogens is 277 g/mol. The summed E-state index contributed by atoms with van der Waals surface area (Å²) in [5.41, 5.74) is 2.89. The highest BCUT2D eigenvalue weighted by molar-refractivity contribution is 9.10. The molecule has 2 heterocycles. The first-order valence-corrected chi connectivity index (χ1v) is 5.32. The molecule has 0 aliphatic carbocycles. The number of aromatic nitrogens is 1. The monoisotopic (exact) mass is 285 g/mol. The first-order valence-electron chi connectivity index (χ1n) is 4.53. The van der Waals surface area contributed by atoms with Crippen molar-refractivity contribution >= 4 is 15.9 Å². The summed E-state index contributed by atoms with van der Waals surface area (Å²) in [6.07, 6.45) is 2.64. The minimum atomic E-state index is -0.533. The Morgan fingerprint density at radius 1 is 1.44 bits per heavy atom. The van der Waals surface area contributed by atoms with Gasteiger partial charge in [-0.3, -0.25) is 10.8 Å². The van der Waals surface area contributed by atoms with Crippen molar-refractivity contribution in [3.8, 4) is 0 Å². The molecule has 16 heavy (non-hydrogen) atoms. The molecule has 6 heteroatoms. The highest BCUT2D eigenvalue weighted by Gasteiger charge is 2.19. The van der Waals surface area contributed by atoms with Gasteiger partial charge in [0, 0.05) is 11.8 Å². The summed E-state index contributed by atoms with van der Waals surface area (Å²) in [4.78, 5) is 3.68. The minimum absolute atomic E-state index is 0.388. The first kappa shape index (κ1) is 11.3. The molecule has 0 saturated carbocycles. The molecule has 1 unspecified atom stereocenters. The van der Waals surface area contributed by atoms with E-state index in [2.05, 4.69) is 26.3 Å². The van der Waals surface area contributed by atoms with Crippen LogP contribution in [0.1, 0.15) is 17.4 Å². The van der Waals surface area contributed by atoms with E-state index in [0.717, 1.165) is 6.20 Å². The predicted octanol–water partition coefficient (Wildman–Crippen LogP) is 2.13. The van der Waals surface area contributed by atoms with Crippen molar-refractivity contribution in [1.82, 2.24) is 10.4 Å². The molecule has 0 aliphatic heterocycles. The summed E-state index contributed by atoms with van der Waals surface area (Å²) in [6.45, 7) is 0. The molecule has 2 rings (SSSR count). The number of pyridine rings is 1. The van der Waals surface area contributed by atoms with Crippen LogP contribution < -0.4 is 11.3 Å². The molecule has 2 aromatic rings. The van der Waals surface area contributed by atoms with E-state index in [1.807, 2.05) is 0 Å². The van der Waals surface area contributed by atoms with E-state index in [1.54, 1.807) is 18.2 Å². The second kappa shape index (κ2) is 4.73. The van der Waals surface area contributed by atoms with Gasteiger partial charge >= 0.3 is 0 Å². The molecule has 0 aliphatic rings. The van der Waals surface area contributed by atoms with E-state index in [1.165, 1.54) is 6.20 Å². The van der Waals surface area contributed by atoms with Crippen LogP contribution in [0.15, 0.2) is 39.7 Å². The molecule has 0 saturated heterocycles. The van der Waals surface area contributed by atoms with Gasteiger partial charge in [-0.15, -0.1) is 0 Å². The van der Waals surface area contributed by atoms with Crippen LogP contribution >= 0.6 is 15.9 Å². The number of rotatable bonds is 3. The van der Waals surface area contributed by atoms with E-state index in [-0.39, 0.29) is 0 Å². The van der Waals surface area contributed by atoms with Crippen molar-refractivity contribution in [2.75, 3.05) is 0 Å². The molecule has 0 bridgehead atoms. The summed E-state index contributed by atoms with van der Waals surface area (Å²) in [6, 6.07) is 4.46. The van der Waals surface area contributed by atoms with Crippen LogP contribution in [0.2, 0.25) is 0 Å². The summed E-state index contributed by atoms with van der Waals surface area (Å²) >= 11 is 3.18. The molecule has 0 aromatic carbocycles. The van der Waals surface area contributed by atoms with Crippen molar-refractivity contribution < 1.29 is 8.81 Å². The molecule has 4 nitrogen and oxygen atoms in total. The van der Waals surface area contributed by atoms with E-state index in [4.69, 9.17) is 10.3 Å². The summed E-state index contributed by atoms with van der Waals surface area (Å²) in [5.74, 6) is 5.50. The molecule has 0 amide bonds. The number of nitrogens with two attached hydrogens (primary N) is 1. The van der Waals surface area contributed by atoms with Crippen molar-refractivity contribution in [3.05, 3.63) is 52.4 Å². The number of hydrogen-bond acceptors (Lipinski definition) is 4. The van der Waals surface area contributed by atoms with Crippen LogP contribution in [0.5, 0.6) is 0 Å². The normalized spacial score (nSPS) is 12.7. The topological polar surface area (TPSA) is 64.1 Å². The van der Waals surface area contributed by atoms with E-state index >= 15 is 0 Å². The van der Waals surface area contributed by atoms with Crippen LogP contribution in [0.4, 0.5) is 4.39 Å². The summed E-state index contributed by atoms with van der Waals surface area (Å²) < 4.78 is 19.4. The summed E-state index contributed by atoms with van der Waals surface area (Å²) in [5, 5.41) is 0. The lowest BCUT2D eigenvalue weighted by Crippen LogP contribution is -2.29. The molecule has 1 atom stereocenters. The zero-order valence-corrected chi connectivity index (χ0v) is 9.74. The van der Waals surface area contributed by atoms with Crippen molar-refractivity contribution in [3.63, 3.8) is 0 Å². The third kappa shape index (κ3) is 2.13. The van der Waals surface area contributed by atoms with Crippen LogP contribution in [0.25, 0.3) is 0 Å². The van der Waals surface area contributed by atoms with Gasteiger partial charge in [-0.25, -0.2) is 9.82 Å². The van der Waals surface area contributed by atoms with Gasteiger partial charge in [0.25, 0.3) is 0 Å². The molecule has 3 N–H and O–H groups in total. The smallest absolute Gasteiger partial charge is 0.169 e. The average molecular weight is 286 g/mol. The quantitative estimate of drug-likeness (QED) is 0.670. The molecule has 0 fully saturated rings. The predicted molar refractivity (Wildman–Crippen MR) is 59.8 cm³/mol. The fourth-order valence-corrected chi connectivity index (χ4v) is 1.75. The van der Waals surface area contributed by atoms with Crippen molar-refractivity contribution in [2.45, 2.75) is 6.04 Å². The van der Waals surface area contributed by atoms with Gasteiger partial charge in [0.1, 0.15) is 17.6 Å². The maximum absolute atomic E-state index is 13.5. The number of nitrogens with zero attached hydrogens (tertiary/aromatic N) is 1. The highest BCUT2D eigenvalue weighted by Crippen LogP contribution is 2.26. The van der Waals surface area contributed by atoms with Crippen LogP contribution in [0.3, 0.4) is 0 Å². The Morgan fingerprint density at radius 3 is 2.81 bits per heavy atom. The zero-order chi connectivity index (χ0) is 11.5. The van der Waals surface area contributed by atoms with E-state index < -0.39 is 11.9 Å². The SMILES string of the molecule is NNC(c1ccc(Br)o1)c1ccncc1F. The average Bonchev–Trinajstić information content (AvgIpc) is 2.69. The Morgan fingerprint density at radius 2 is 2.25 bits per heavy atom.